The van der Waals surface area contributed by atoms with Gasteiger partial charge >= 0.3 is 0 Å². The summed E-state index contributed by atoms with van der Waals surface area (Å²) in [5.41, 5.74) is 0. The summed E-state index contributed by atoms with van der Waals surface area (Å²) in [5.74, 6) is 0.867. The Balaban J connectivity index is 2.43. The standard InChI is InChI=1S/C9H19NS/c1-9(2,11-3)8-5-4-6-10-7-8/h8,10H,4-7H2,1-3H3. The van der Waals surface area contributed by atoms with Crippen LogP contribution in [-0.4, -0.2) is 24.1 Å². The lowest BCUT2D eigenvalue weighted by Gasteiger charge is -2.35. The van der Waals surface area contributed by atoms with E-state index in [1.54, 1.807) is 0 Å². The molecule has 66 valence electrons. The number of piperidine rings is 1. The first-order chi connectivity index (χ1) is 5.17. The smallest absolute Gasteiger partial charge is 0.0141 e. The van der Waals surface area contributed by atoms with Crippen LogP contribution >= 0.6 is 11.8 Å². The fraction of sp³-hybridized carbons (Fsp3) is 1.00. The second-order valence-electron chi connectivity index (χ2n) is 3.85. The maximum atomic E-state index is 3.46. The summed E-state index contributed by atoms with van der Waals surface area (Å²) >= 11 is 1.99. The van der Waals surface area contributed by atoms with Gasteiger partial charge in [-0.05, 0) is 38.1 Å². The lowest BCUT2D eigenvalue weighted by atomic mass is 9.88. The predicted octanol–water partition coefficient (Wildman–Crippen LogP) is 2.13. The molecular formula is C9H19NS. The van der Waals surface area contributed by atoms with Crippen LogP contribution in [0.2, 0.25) is 0 Å². The Morgan fingerprint density at radius 1 is 1.45 bits per heavy atom. The van der Waals surface area contributed by atoms with Crippen LogP contribution in [0.15, 0.2) is 0 Å². The molecule has 1 rings (SSSR count). The van der Waals surface area contributed by atoms with Crippen molar-refractivity contribution in [2.45, 2.75) is 31.4 Å². The van der Waals surface area contributed by atoms with Crippen molar-refractivity contribution in [3.05, 3.63) is 0 Å². The Morgan fingerprint density at radius 3 is 2.64 bits per heavy atom. The van der Waals surface area contributed by atoms with Gasteiger partial charge < -0.3 is 5.32 Å². The SMILES string of the molecule is CSC(C)(C)C1CCCNC1. The summed E-state index contributed by atoms with van der Waals surface area (Å²) in [7, 11) is 0. The number of nitrogens with one attached hydrogen (secondary N) is 1. The van der Waals surface area contributed by atoms with Crippen LogP contribution in [0.25, 0.3) is 0 Å². The molecule has 0 aromatic carbocycles. The molecule has 1 aliphatic heterocycles. The first kappa shape index (κ1) is 9.40. The molecule has 1 unspecified atom stereocenters. The Kier molecular flexibility index (Phi) is 3.26. The molecule has 0 spiro atoms. The molecule has 1 aliphatic rings. The third-order valence-electron chi connectivity index (χ3n) is 2.81. The molecule has 1 atom stereocenters. The van der Waals surface area contributed by atoms with Crippen molar-refractivity contribution in [2.75, 3.05) is 19.3 Å². The van der Waals surface area contributed by atoms with Gasteiger partial charge in [0.1, 0.15) is 0 Å². The third-order valence-corrected chi connectivity index (χ3v) is 4.19. The molecule has 0 aromatic rings. The summed E-state index contributed by atoms with van der Waals surface area (Å²) in [6.07, 6.45) is 4.98. The van der Waals surface area contributed by atoms with E-state index in [0.29, 0.717) is 4.75 Å². The van der Waals surface area contributed by atoms with Gasteiger partial charge in [0.05, 0.1) is 0 Å². The van der Waals surface area contributed by atoms with Crippen LogP contribution in [0, 0.1) is 5.92 Å². The van der Waals surface area contributed by atoms with Crippen molar-refractivity contribution in [1.82, 2.24) is 5.32 Å². The highest BCUT2D eigenvalue weighted by molar-refractivity contribution is 7.99. The Labute approximate surface area is 74.3 Å². The summed E-state index contributed by atoms with van der Waals surface area (Å²) in [6, 6.07) is 0. The van der Waals surface area contributed by atoms with Gasteiger partial charge in [0.25, 0.3) is 0 Å². The highest BCUT2D eigenvalue weighted by atomic mass is 32.2. The molecule has 1 heterocycles. The van der Waals surface area contributed by atoms with Crippen molar-refractivity contribution < 1.29 is 0 Å². The number of hydrogen-bond donors (Lipinski definition) is 1. The minimum atomic E-state index is 0.466. The summed E-state index contributed by atoms with van der Waals surface area (Å²) in [5, 5.41) is 3.46. The van der Waals surface area contributed by atoms with Crippen molar-refractivity contribution in [1.29, 1.82) is 0 Å². The second-order valence-corrected chi connectivity index (χ2v) is 5.31. The molecule has 0 radical (unpaired) electrons. The van der Waals surface area contributed by atoms with Crippen LogP contribution in [0.4, 0.5) is 0 Å². The molecule has 11 heavy (non-hydrogen) atoms. The monoisotopic (exact) mass is 173 g/mol. The second kappa shape index (κ2) is 3.81. The minimum absolute atomic E-state index is 0.466. The van der Waals surface area contributed by atoms with E-state index in [2.05, 4.69) is 25.4 Å². The van der Waals surface area contributed by atoms with E-state index in [-0.39, 0.29) is 0 Å². The molecular weight excluding hydrogens is 154 g/mol. The molecule has 0 aromatic heterocycles. The normalized spacial score (nSPS) is 27.0. The van der Waals surface area contributed by atoms with E-state index in [9.17, 15) is 0 Å². The van der Waals surface area contributed by atoms with E-state index in [0.717, 1.165) is 5.92 Å². The molecule has 1 saturated heterocycles. The van der Waals surface area contributed by atoms with Gasteiger partial charge in [-0.25, -0.2) is 0 Å². The molecule has 0 saturated carbocycles. The largest absolute Gasteiger partial charge is 0.316 e. The summed E-state index contributed by atoms with van der Waals surface area (Å²) in [4.78, 5) is 0. The highest BCUT2D eigenvalue weighted by Crippen LogP contribution is 2.33. The third kappa shape index (κ3) is 2.38. The quantitative estimate of drug-likeness (QED) is 0.686. The molecule has 0 aliphatic carbocycles. The van der Waals surface area contributed by atoms with Crippen LogP contribution in [0.1, 0.15) is 26.7 Å². The van der Waals surface area contributed by atoms with Crippen LogP contribution in [0.3, 0.4) is 0 Å². The number of thioether (sulfide) groups is 1. The number of hydrogen-bond acceptors (Lipinski definition) is 2. The molecule has 0 bridgehead atoms. The minimum Gasteiger partial charge on any atom is -0.316 e. The lowest BCUT2D eigenvalue weighted by molar-refractivity contribution is 0.322. The summed E-state index contributed by atoms with van der Waals surface area (Å²) in [6.45, 7) is 7.15. The predicted molar refractivity (Wildman–Crippen MR) is 53.2 cm³/mol. The summed E-state index contributed by atoms with van der Waals surface area (Å²) < 4.78 is 0.466. The van der Waals surface area contributed by atoms with Crippen molar-refractivity contribution in [2.24, 2.45) is 5.92 Å². The average Bonchev–Trinajstić information content (AvgIpc) is 2.06. The topological polar surface area (TPSA) is 12.0 Å². The van der Waals surface area contributed by atoms with Gasteiger partial charge in [0, 0.05) is 4.75 Å². The maximum absolute atomic E-state index is 3.46. The maximum Gasteiger partial charge on any atom is 0.0141 e. The molecule has 0 amide bonds. The first-order valence-corrected chi connectivity index (χ1v) is 5.65. The van der Waals surface area contributed by atoms with E-state index >= 15 is 0 Å². The molecule has 1 N–H and O–H groups in total. The Bertz CT molecular complexity index is 117. The van der Waals surface area contributed by atoms with Crippen LogP contribution in [0.5, 0.6) is 0 Å². The zero-order valence-electron chi connectivity index (χ0n) is 7.81. The molecule has 1 nitrogen and oxygen atoms in total. The average molecular weight is 173 g/mol. The van der Waals surface area contributed by atoms with E-state index < -0.39 is 0 Å². The van der Waals surface area contributed by atoms with Gasteiger partial charge in [-0.1, -0.05) is 13.8 Å². The van der Waals surface area contributed by atoms with E-state index in [1.807, 2.05) is 11.8 Å². The van der Waals surface area contributed by atoms with E-state index in [1.165, 1.54) is 25.9 Å². The van der Waals surface area contributed by atoms with Gasteiger partial charge in [-0.15, -0.1) is 0 Å². The first-order valence-electron chi connectivity index (χ1n) is 4.42. The van der Waals surface area contributed by atoms with Gasteiger partial charge in [0.15, 0.2) is 0 Å². The van der Waals surface area contributed by atoms with Gasteiger partial charge in [-0.2, -0.15) is 11.8 Å². The highest BCUT2D eigenvalue weighted by Gasteiger charge is 2.29. The van der Waals surface area contributed by atoms with Gasteiger partial charge in [0.2, 0.25) is 0 Å². The Morgan fingerprint density at radius 2 is 2.18 bits per heavy atom. The van der Waals surface area contributed by atoms with Crippen LogP contribution < -0.4 is 5.32 Å². The van der Waals surface area contributed by atoms with Crippen molar-refractivity contribution >= 4 is 11.8 Å². The van der Waals surface area contributed by atoms with Gasteiger partial charge in [-0.3, -0.25) is 0 Å². The Hall–Kier alpha value is 0.310. The lowest BCUT2D eigenvalue weighted by Crippen LogP contribution is -2.40. The zero-order chi connectivity index (χ0) is 8.32. The molecule has 1 fully saturated rings. The molecule has 2 heteroatoms. The fourth-order valence-corrected chi connectivity index (χ4v) is 2.15. The van der Waals surface area contributed by atoms with Crippen LogP contribution in [-0.2, 0) is 0 Å². The fourth-order valence-electron chi connectivity index (χ4n) is 1.61. The van der Waals surface area contributed by atoms with Crippen molar-refractivity contribution in [3.8, 4) is 0 Å². The van der Waals surface area contributed by atoms with E-state index in [4.69, 9.17) is 0 Å². The number of rotatable bonds is 2. The van der Waals surface area contributed by atoms with Crippen molar-refractivity contribution in [3.63, 3.8) is 0 Å². The zero-order valence-corrected chi connectivity index (χ0v) is 8.63.